The minimum absolute atomic E-state index is 0.0202. The first-order chi connectivity index (χ1) is 12.6. The Morgan fingerprint density at radius 2 is 1.74 bits per heavy atom. The van der Waals surface area contributed by atoms with Crippen LogP contribution in [0.5, 0.6) is 0 Å². The fraction of sp³-hybridized carbons (Fsp3) is 0.550. The number of rotatable bonds is 8. The lowest BCUT2D eigenvalue weighted by molar-refractivity contribution is -0.125. The van der Waals surface area contributed by atoms with Gasteiger partial charge in [0.2, 0.25) is 11.8 Å². The number of nitrogens with one attached hydrogen (secondary N) is 3. The normalized spacial score (nSPS) is 11.0. The number of alkyl carbamates (subject to hydrolysis) is 1. The van der Waals surface area contributed by atoms with Crippen molar-refractivity contribution in [3.63, 3.8) is 0 Å². The van der Waals surface area contributed by atoms with Gasteiger partial charge in [0.15, 0.2) is 0 Å². The van der Waals surface area contributed by atoms with E-state index in [1.807, 2.05) is 19.9 Å². The lowest BCUT2D eigenvalue weighted by Gasteiger charge is -2.19. The third kappa shape index (κ3) is 9.08. The van der Waals surface area contributed by atoms with Gasteiger partial charge in [-0.1, -0.05) is 26.0 Å². The SMILES string of the molecule is CCC(CC)C(=O)NCc1cccc(NC(=O)CNC(=O)OC(C)(C)C)c1. The van der Waals surface area contributed by atoms with E-state index < -0.39 is 11.7 Å². The Morgan fingerprint density at radius 1 is 1.07 bits per heavy atom. The Kier molecular flexibility index (Phi) is 8.78. The van der Waals surface area contributed by atoms with E-state index in [1.165, 1.54) is 0 Å². The first-order valence-electron chi connectivity index (χ1n) is 9.28. The molecule has 7 nitrogen and oxygen atoms in total. The van der Waals surface area contributed by atoms with Gasteiger partial charge < -0.3 is 20.7 Å². The Morgan fingerprint density at radius 3 is 2.33 bits per heavy atom. The van der Waals surface area contributed by atoms with Crippen LogP contribution in [0.1, 0.15) is 53.0 Å². The second-order valence-electron chi connectivity index (χ2n) is 7.34. The Balaban J connectivity index is 2.50. The van der Waals surface area contributed by atoms with Crippen molar-refractivity contribution < 1.29 is 19.1 Å². The first-order valence-corrected chi connectivity index (χ1v) is 9.28. The van der Waals surface area contributed by atoms with E-state index in [-0.39, 0.29) is 24.3 Å². The molecule has 150 valence electrons. The summed E-state index contributed by atoms with van der Waals surface area (Å²) in [7, 11) is 0. The zero-order valence-corrected chi connectivity index (χ0v) is 16.8. The summed E-state index contributed by atoms with van der Waals surface area (Å²) in [5, 5.41) is 8.04. The van der Waals surface area contributed by atoms with Crippen molar-refractivity contribution in [2.75, 3.05) is 11.9 Å². The first kappa shape index (κ1) is 22.5. The average molecular weight is 377 g/mol. The second kappa shape index (κ2) is 10.5. The van der Waals surface area contributed by atoms with Crippen LogP contribution in [0.15, 0.2) is 24.3 Å². The third-order valence-corrected chi connectivity index (χ3v) is 3.83. The van der Waals surface area contributed by atoms with E-state index in [1.54, 1.807) is 39.0 Å². The van der Waals surface area contributed by atoms with Gasteiger partial charge in [0.1, 0.15) is 12.1 Å². The van der Waals surface area contributed by atoms with Crippen molar-refractivity contribution in [3.8, 4) is 0 Å². The van der Waals surface area contributed by atoms with Gasteiger partial charge in [-0.15, -0.1) is 0 Å². The highest BCUT2D eigenvalue weighted by Crippen LogP contribution is 2.12. The number of anilines is 1. The molecule has 0 aliphatic heterocycles. The maximum Gasteiger partial charge on any atom is 0.408 e. The number of hydrogen-bond donors (Lipinski definition) is 3. The van der Waals surface area contributed by atoms with Crippen molar-refractivity contribution in [3.05, 3.63) is 29.8 Å². The van der Waals surface area contributed by atoms with Gasteiger partial charge in [0.05, 0.1) is 0 Å². The molecular formula is C20H31N3O4. The fourth-order valence-corrected chi connectivity index (χ4v) is 2.42. The van der Waals surface area contributed by atoms with Crippen LogP contribution in [0, 0.1) is 5.92 Å². The Bertz CT molecular complexity index is 649. The minimum atomic E-state index is -0.643. The highest BCUT2D eigenvalue weighted by atomic mass is 16.6. The van der Waals surface area contributed by atoms with Gasteiger partial charge in [0.25, 0.3) is 0 Å². The molecule has 0 aliphatic carbocycles. The lowest BCUT2D eigenvalue weighted by Crippen LogP contribution is -2.37. The lowest BCUT2D eigenvalue weighted by atomic mass is 10.0. The summed E-state index contributed by atoms with van der Waals surface area (Å²) in [6.07, 6.45) is 0.974. The van der Waals surface area contributed by atoms with Gasteiger partial charge in [-0.2, -0.15) is 0 Å². The molecule has 1 rings (SSSR count). The zero-order valence-electron chi connectivity index (χ0n) is 16.8. The number of carbonyl (C=O) groups is 3. The van der Waals surface area contributed by atoms with Gasteiger partial charge in [-0.3, -0.25) is 9.59 Å². The van der Waals surface area contributed by atoms with Crippen LogP contribution in [0.2, 0.25) is 0 Å². The van der Waals surface area contributed by atoms with Crippen molar-refractivity contribution in [1.82, 2.24) is 10.6 Å². The van der Waals surface area contributed by atoms with Crippen molar-refractivity contribution >= 4 is 23.6 Å². The van der Waals surface area contributed by atoms with Crippen LogP contribution in [0.25, 0.3) is 0 Å². The molecule has 0 bridgehead atoms. The number of benzene rings is 1. The quantitative estimate of drug-likeness (QED) is 0.648. The van der Waals surface area contributed by atoms with Crippen LogP contribution < -0.4 is 16.0 Å². The summed E-state index contributed by atoms with van der Waals surface area (Å²) < 4.78 is 5.08. The van der Waals surface area contributed by atoms with E-state index in [4.69, 9.17) is 4.74 Å². The van der Waals surface area contributed by atoms with Crippen molar-refractivity contribution in [2.45, 2.75) is 59.6 Å². The maximum atomic E-state index is 12.1. The van der Waals surface area contributed by atoms with E-state index in [0.717, 1.165) is 18.4 Å². The van der Waals surface area contributed by atoms with Crippen LogP contribution in [0.3, 0.4) is 0 Å². The van der Waals surface area contributed by atoms with Crippen LogP contribution in [-0.4, -0.2) is 30.1 Å². The summed E-state index contributed by atoms with van der Waals surface area (Å²) in [4.78, 5) is 35.6. The van der Waals surface area contributed by atoms with E-state index in [0.29, 0.717) is 12.2 Å². The largest absolute Gasteiger partial charge is 0.444 e. The van der Waals surface area contributed by atoms with Gasteiger partial charge in [-0.05, 0) is 51.3 Å². The summed E-state index contributed by atoms with van der Waals surface area (Å²) in [6, 6.07) is 7.22. The third-order valence-electron chi connectivity index (χ3n) is 3.83. The molecule has 0 unspecified atom stereocenters. The van der Waals surface area contributed by atoms with Crippen LogP contribution in [-0.2, 0) is 20.9 Å². The molecule has 0 heterocycles. The average Bonchev–Trinajstić information content (AvgIpc) is 2.58. The molecule has 3 N–H and O–H groups in total. The predicted molar refractivity (Wildman–Crippen MR) is 105 cm³/mol. The molecule has 0 saturated carbocycles. The number of hydrogen-bond acceptors (Lipinski definition) is 4. The molecule has 0 aromatic heterocycles. The van der Waals surface area contributed by atoms with Gasteiger partial charge in [-0.25, -0.2) is 4.79 Å². The molecule has 0 fully saturated rings. The summed E-state index contributed by atoms with van der Waals surface area (Å²) in [5.74, 6) is -0.304. The Labute approximate surface area is 161 Å². The monoisotopic (exact) mass is 377 g/mol. The predicted octanol–water partition coefficient (Wildman–Crippen LogP) is 3.20. The van der Waals surface area contributed by atoms with E-state index >= 15 is 0 Å². The smallest absolute Gasteiger partial charge is 0.408 e. The second-order valence-corrected chi connectivity index (χ2v) is 7.34. The fourth-order valence-electron chi connectivity index (χ4n) is 2.42. The molecule has 0 saturated heterocycles. The number of carbonyl (C=O) groups excluding carboxylic acids is 3. The van der Waals surface area contributed by atoms with Crippen LogP contribution in [0.4, 0.5) is 10.5 Å². The zero-order chi connectivity index (χ0) is 20.4. The topological polar surface area (TPSA) is 96.5 Å². The number of amides is 3. The molecule has 27 heavy (non-hydrogen) atoms. The van der Waals surface area contributed by atoms with E-state index in [9.17, 15) is 14.4 Å². The summed E-state index contributed by atoms with van der Waals surface area (Å²) in [5.41, 5.74) is 0.862. The van der Waals surface area contributed by atoms with Crippen LogP contribution >= 0.6 is 0 Å². The minimum Gasteiger partial charge on any atom is -0.444 e. The molecule has 1 aromatic carbocycles. The standard InChI is InChI=1S/C20H31N3O4/c1-6-15(7-2)18(25)21-12-14-9-8-10-16(11-14)23-17(24)13-22-19(26)27-20(3,4)5/h8-11,15H,6-7,12-13H2,1-5H3,(H,21,25)(H,22,26)(H,23,24). The maximum absolute atomic E-state index is 12.1. The summed E-state index contributed by atoms with van der Waals surface area (Å²) >= 11 is 0. The molecule has 3 amide bonds. The number of ether oxygens (including phenoxy) is 1. The Hall–Kier alpha value is -2.57. The molecule has 0 spiro atoms. The molecular weight excluding hydrogens is 346 g/mol. The molecule has 0 aliphatic rings. The van der Waals surface area contributed by atoms with Gasteiger partial charge in [0, 0.05) is 18.2 Å². The highest BCUT2D eigenvalue weighted by Gasteiger charge is 2.17. The highest BCUT2D eigenvalue weighted by molar-refractivity contribution is 5.93. The molecule has 7 heteroatoms. The molecule has 0 radical (unpaired) electrons. The molecule has 1 aromatic rings. The van der Waals surface area contributed by atoms with E-state index in [2.05, 4.69) is 16.0 Å². The van der Waals surface area contributed by atoms with Crippen molar-refractivity contribution in [2.24, 2.45) is 5.92 Å². The van der Waals surface area contributed by atoms with Crippen molar-refractivity contribution in [1.29, 1.82) is 0 Å². The summed E-state index contributed by atoms with van der Waals surface area (Å²) in [6.45, 7) is 9.45. The molecule has 0 atom stereocenters. The van der Waals surface area contributed by atoms with Gasteiger partial charge >= 0.3 is 6.09 Å².